The highest BCUT2D eigenvalue weighted by Crippen LogP contribution is 2.40. The topological polar surface area (TPSA) is 57.6 Å². The van der Waals surface area contributed by atoms with Gasteiger partial charge in [-0.3, -0.25) is 9.59 Å². The summed E-state index contributed by atoms with van der Waals surface area (Å²) in [5.41, 5.74) is -1.20. The van der Waals surface area contributed by atoms with Gasteiger partial charge in [-0.15, -0.1) is 0 Å². The fourth-order valence-corrected chi connectivity index (χ4v) is 2.84. The number of halogens is 3. The Morgan fingerprint density at radius 3 is 2.10 bits per heavy atom. The van der Waals surface area contributed by atoms with Crippen LogP contribution < -0.4 is 0 Å². The van der Waals surface area contributed by atoms with E-state index in [-0.39, 0.29) is 6.42 Å². The third-order valence-corrected chi connectivity index (χ3v) is 4.05. The highest BCUT2D eigenvalue weighted by Gasteiger charge is 2.44. The van der Waals surface area contributed by atoms with Gasteiger partial charge in [0, 0.05) is 12.5 Å². The van der Waals surface area contributed by atoms with E-state index in [1.165, 1.54) is 13.8 Å². The molecule has 0 radical (unpaired) electrons. The van der Waals surface area contributed by atoms with Gasteiger partial charge in [0.05, 0.1) is 5.41 Å². The summed E-state index contributed by atoms with van der Waals surface area (Å²) >= 11 is 0. The molecule has 0 aromatic carbocycles. The average Bonchev–Trinajstić information content (AvgIpc) is 2.35. The van der Waals surface area contributed by atoms with Crippen molar-refractivity contribution in [2.24, 2.45) is 5.41 Å². The van der Waals surface area contributed by atoms with Crippen molar-refractivity contribution < 1.29 is 27.9 Å². The van der Waals surface area contributed by atoms with Crippen LogP contribution in [-0.2, 0) is 9.59 Å². The minimum atomic E-state index is -4.48. The van der Waals surface area contributed by atoms with Crippen LogP contribution in [-0.4, -0.2) is 40.6 Å². The van der Waals surface area contributed by atoms with Crippen molar-refractivity contribution >= 4 is 11.9 Å². The lowest BCUT2D eigenvalue weighted by atomic mass is 9.71. The molecule has 1 fully saturated rings. The molecule has 0 heterocycles. The number of carbonyl (C=O) groups is 2. The molecule has 0 bridgehead atoms. The number of hydrogen-bond acceptors (Lipinski definition) is 2. The van der Waals surface area contributed by atoms with Gasteiger partial charge in [0.15, 0.2) is 0 Å². The van der Waals surface area contributed by atoms with E-state index in [2.05, 4.69) is 0 Å². The van der Waals surface area contributed by atoms with Gasteiger partial charge in [-0.25, -0.2) is 0 Å². The van der Waals surface area contributed by atoms with Crippen LogP contribution in [0.5, 0.6) is 0 Å². The lowest BCUT2D eigenvalue weighted by molar-refractivity contribution is -0.169. The van der Waals surface area contributed by atoms with Crippen molar-refractivity contribution in [3.8, 4) is 0 Å². The third-order valence-electron chi connectivity index (χ3n) is 4.05. The van der Waals surface area contributed by atoms with Gasteiger partial charge in [-0.05, 0) is 26.7 Å². The van der Waals surface area contributed by atoms with Crippen molar-refractivity contribution in [2.45, 2.75) is 64.6 Å². The molecule has 0 spiro atoms. The predicted octanol–water partition coefficient (Wildman–Crippen LogP) is 3.21. The molecule has 1 amide bonds. The van der Waals surface area contributed by atoms with E-state index in [9.17, 15) is 27.9 Å². The quantitative estimate of drug-likeness (QED) is 0.848. The average molecular weight is 309 g/mol. The van der Waals surface area contributed by atoms with Crippen molar-refractivity contribution in [3.63, 3.8) is 0 Å². The van der Waals surface area contributed by atoms with E-state index in [4.69, 9.17) is 0 Å². The maximum atomic E-state index is 12.5. The molecule has 4 nitrogen and oxygen atoms in total. The van der Waals surface area contributed by atoms with Crippen molar-refractivity contribution in [1.29, 1.82) is 0 Å². The molecule has 1 rings (SSSR count). The summed E-state index contributed by atoms with van der Waals surface area (Å²) < 4.78 is 37.6. The van der Waals surface area contributed by atoms with Gasteiger partial charge in [-0.1, -0.05) is 19.3 Å². The van der Waals surface area contributed by atoms with Crippen LogP contribution in [0.25, 0.3) is 0 Å². The summed E-state index contributed by atoms with van der Waals surface area (Å²) in [4.78, 5) is 24.4. The number of alkyl halides is 3. The van der Waals surface area contributed by atoms with Crippen LogP contribution in [0, 0.1) is 5.41 Å². The van der Waals surface area contributed by atoms with E-state index in [1.807, 2.05) is 0 Å². The summed E-state index contributed by atoms with van der Waals surface area (Å²) in [5, 5.41) is 9.40. The van der Waals surface area contributed by atoms with Crippen molar-refractivity contribution in [1.82, 2.24) is 4.90 Å². The number of hydrogen-bond donors (Lipinski definition) is 1. The molecule has 0 saturated heterocycles. The molecule has 1 aliphatic carbocycles. The zero-order chi connectivity index (χ0) is 16.3. The number of carboxylic acid groups (broad SMARTS) is 1. The van der Waals surface area contributed by atoms with E-state index in [1.54, 1.807) is 0 Å². The van der Waals surface area contributed by atoms with Crippen LogP contribution in [0.15, 0.2) is 0 Å². The Bertz CT molecular complexity index is 387. The van der Waals surface area contributed by atoms with Crippen molar-refractivity contribution in [2.75, 3.05) is 6.54 Å². The van der Waals surface area contributed by atoms with Crippen LogP contribution in [0.1, 0.15) is 52.4 Å². The smallest absolute Gasteiger partial charge is 0.406 e. The molecule has 0 unspecified atom stereocenters. The number of rotatable bonds is 5. The van der Waals surface area contributed by atoms with Crippen LogP contribution >= 0.6 is 0 Å². The summed E-state index contributed by atoms with van der Waals surface area (Å²) in [7, 11) is 0. The summed E-state index contributed by atoms with van der Waals surface area (Å²) in [6.07, 6.45) is -1.84. The second-order valence-corrected chi connectivity index (χ2v) is 6.05. The SMILES string of the molecule is CC(C)N(CC(F)(F)F)C(=O)CC1(C(=O)O)CCCCC1. The van der Waals surface area contributed by atoms with E-state index in [0.717, 1.165) is 11.3 Å². The molecule has 1 aliphatic rings. The first-order valence-electron chi connectivity index (χ1n) is 7.17. The number of aliphatic carboxylic acids is 1. The first-order valence-corrected chi connectivity index (χ1v) is 7.17. The minimum absolute atomic E-state index is 0.351. The second-order valence-electron chi connectivity index (χ2n) is 6.05. The molecule has 1 saturated carbocycles. The molecule has 122 valence electrons. The molecule has 1 N–H and O–H groups in total. The zero-order valence-electron chi connectivity index (χ0n) is 12.4. The van der Waals surface area contributed by atoms with Crippen LogP contribution in [0.4, 0.5) is 13.2 Å². The fraction of sp³-hybridized carbons (Fsp3) is 0.857. The Morgan fingerprint density at radius 1 is 1.19 bits per heavy atom. The van der Waals surface area contributed by atoms with Gasteiger partial charge in [0.25, 0.3) is 0 Å². The molecule has 0 aromatic rings. The molecule has 0 aromatic heterocycles. The largest absolute Gasteiger partial charge is 0.481 e. The first-order chi connectivity index (χ1) is 9.57. The van der Waals surface area contributed by atoms with Crippen molar-refractivity contribution in [3.05, 3.63) is 0 Å². The number of carbonyl (C=O) groups excluding carboxylic acids is 1. The van der Waals surface area contributed by atoms with E-state index < -0.39 is 36.1 Å². The summed E-state index contributed by atoms with van der Waals surface area (Å²) in [5.74, 6) is -1.81. The first kappa shape index (κ1) is 17.8. The maximum Gasteiger partial charge on any atom is 0.406 e. The van der Waals surface area contributed by atoms with E-state index >= 15 is 0 Å². The Balaban J connectivity index is 2.86. The Hall–Kier alpha value is -1.27. The monoisotopic (exact) mass is 309 g/mol. The third kappa shape index (κ3) is 4.89. The lowest BCUT2D eigenvalue weighted by Gasteiger charge is -2.36. The predicted molar refractivity (Wildman–Crippen MR) is 70.7 cm³/mol. The Morgan fingerprint density at radius 2 is 1.71 bits per heavy atom. The lowest BCUT2D eigenvalue weighted by Crippen LogP contribution is -2.47. The summed E-state index contributed by atoms with van der Waals surface area (Å²) in [6.45, 7) is 1.66. The van der Waals surface area contributed by atoms with Gasteiger partial charge >= 0.3 is 12.1 Å². The maximum absolute atomic E-state index is 12.5. The highest BCUT2D eigenvalue weighted by molar-refractivity contribution is 5.85. The number of carboxylic acids is 1. The standard InChI is InChI=1S/C14H22F3NO3/c1-10(2)18(9-14(15,16)17)11(19)8-13(12(20)21)6-4-3-5-7-13/h10H,3-9H2,1-2H3,(H,20,21). The van der Waals surface area contributed by atoms with Crippen LogP contribution in [0.2, 0.25) is 0 Å². The highest BCUT2D eigenvalue weighted by atomic mass is 19.4. The molecular formula is C14H22F3NO3. The molecular weight excluding hydrogens is 287 g/mol. The molecule has 0 aliphatic heterocycles. The van der Waals surface area contributed by atoms with Gasteiger partial charge in [-0.2, -0.15) is 13.2 Å². The number of nitrogens with zero attached hydrogens (tertiary/aromatic N) is 1. The zero-order valence-corrected chi connectivity index (χ0v) is 12.4. The molecule has 7 heteroatoms. The number of amides is 1. The Kier molecular flexibility index (Phi) is 5.64. The van der Waals surface area contributed by atoms with Gasteiger partial charge < -0.3 is 10.0 Å². The molecule has 21 heavy (non-hydrogen) atoms. The van der Waals surface area contributed by atoms with Gasteiger partial charge in [0.1, 0.15) is 6.54 Å². The second kappa shape index (κ2) is 6.66. The fourth-order valence-electron chi connectivity index (χ4n) is 2.84. The van der Waals surface area contributed by atoms with Gasteiger partial charge in [0.2, 0.25) is 5.91 Å². The molecule has 0 atom stereocenters. The van der Waals surface area contributed by atoms with E-state index in [0.29, 0.717) is 25.7 Å². The van der Waals surface area contributed by atoms with Crippen LogP contribution in [0.3, 0.4) is 0 Å². The summed E-state index contributed by atoms with van der Waals surface area (Å²) in [6, 6.07) is -0.617. The minimum Gasteiger partial charge on any atom is -0.481 e. The normalized spacial score (nSPS) is 18.6. The Labute approximate surface area is 122 Å².